The summed E-state index contributed by atoms with van der Waals surface area (Å²) < 4.78 is 42.3. The van der Waals surface area contributed by atoms with Gasteiger partial charge in [-0.1, -0.05) is 5.16 Å². The first-order valence-electron chi connectivity index (χ1n) is 7.69. The van der Waals surface area contributed by atoms with Crippen LogP contribution in [0.3, 0.4) is 0 Å². The summed E-state index contributed by atoms with van der Waals surface area (Å²) in [5, 5.41) is 6.92. The SMILES string of the molecule is Cc1noc(-c2ccnc(NCC3CCN(CC(F)(F)F)C3)c2)n1. The first kappa shape index (κ1) is 16.7. The molecule has 1 aliphatic rings. The van der Waals surface area contributed by atoms with E-state index >= 15 is 0 Å². The van der Waals surface area contributed by atoms with E-state index < -0.39 is 12.7 Å². The summed E-state index contributed by atoms with van der Waals surface area (Å²) in [7, 11) is 0. The van der Waals surface area contributed by atoms with E-state index in [9.17, 15) is 13.2 Å². The van der Waals surface area contributed by atoms with Crippen molar-refractivity contribution in [3.63, 3.8) is 0 Å². The molecule has 0 bridgehead atoms. The predicted molar refractivity (Wildman–Crippen MR) is 81.4 cm³/mol. The Kier molecular flexibility index (Phi) is 4.70. The zero-order chi connectivity index (χ0) is 17.2. The molecule has 0 saturated carbocycles. The minimum Gasteiger partial charge on any atom is -0.370 e. The molecule has 2 aromatic rings. The fraction of sp³-hybridized carbons (Fsp3) is 0.533. The van der Waals surface area contributed by atoms with Crippen molar-refractivity contribution in [2.75, 3.05) is 31.5 Å². The van der Waals surface area contributed by atoms with Gasteiger partial charge >= 0.3 is 6.18 Å². The average Bonchev–Trinajstić information content (AvgIpc) is 3.13. The van der Waals surface area contributed by atoms with Gasteiger partial charge in [-0.15, -0.1) is 0 Å². The molecule has 6 nitrogen and oxygen atoms in total. The summed E-state index contributed by atoms with van der Waals surface area (Å²) in [6.07, 6.45) is -1.77. The van der Waals surface area contributed by atoms with E-state index in [0.717, 1.165) is 12.0 Å². The summed E-state index contributed by atoms with van der Waals surface area (Å²) >= 11 is 0. The molecule has 0 aliphatic carbocycles. The standard InChI is InChI=1S/C15H18F3N5O/c1-10-21-14(24-22-10)12-2-4-19-13(6-12)20-7-11-3-5-23(8-11)9-15(16,17)18/h2,4,6,11H,3,5,7-9H2,1H3,(H,19,20). The normalized spacial score (nSPS) is 18.9. The van der Waals surface area contributed by atoms with Gasteiger partial charge in [-0.2, -0.15) is 18.2 Å². The topological polar surface area (TPSA) is 67.1 Å². The molecule has 3 rings (SSSR count). The van der Waals surface area contributed by atoms with Crippen molar-refractivity contribution in [1.29, 1.82) is 0 Å². The molecule has 9 heteroatoms. The summed E-state index contributed by atoms with van der Waals surface area (Å²) in [5.74, 6) is 1.77. The Morgan fingerprint density at radius 2 is 2.25 bits per heavy atom. The number of hydrogen-bond acceptors (Lipinski definition) is 6. The molecule has 130 valence electrons. The quantitative estimate of drug-likeness (QED) is 0.902. The number of nitrogens with one attached hydrogen (secondary N) is 1. The van der Waals surface area contributed by atoms with E-state index in [-0.39, 0.29) is 5.92 Å². The van der Waals surface area contributed by atoms with E-state index in [1.807, 2.05) is 0 Å². The lowest BCUT2D eigenvalue weighted by Gasteiger charge is -2.18. The first-order chi connectivity index (χ1) is 11.4. The first-order valence-corrected chi connectivity index (χ1v) is 7.69. The van der Waals surface area contributed by atoms with Crippen molar-refractivity contribution in [2.45, 2.75) is 19.5 Å². The largest absolute Gasteiger partial charge is 0.401 e. The van der Waals surface area contributed by atoms with Gasteiger partial charge in [0.2, 0.25) is 0 Å². The fourth-order valence-electron chi connectivity index (χ4n) is 2.80. The molecular weight excluding hydrogens is 323 g/mol. The van der Waals surface area contributed by atoms with E-state index in [4.69, 9.17) is 4.52 Å². The van der Waals surface area contributed by atoms with Crippen LogP contribution in [-0.4, -0.2) is 52.4 Å². The van der Waals surface area contributed by atoms with Gasteiger partial charge in [-0.3, -0.25) is 4.90 Å². The van der Waals surface area contributed by atoms with Crippen LogP contribution in [0.4, 0.5) is 19.0 Å². The minimum absolute atomic E-state index is 0.170. The third-order valence-corrected chi connectivity index (χ3v) is 3.88. The minimum atomic E-state index is -4.14. The Morgan fingerprint density at radius 1 is 1.42 bits per heavy atom. The van der Waals surface area contributed by atoms with Gasteiger partial charge in [-0.05, 0) is 37.9 Å². The molecule has 1 unspecified atom stereocenters. The number of aromatic nitrogens is 3. The van der Waals surface area contributed by atoms with Crippen LogP contribution in [0.1, 0.15) is 12.2 Å². The lowest BCUT2D eigenvalue weighted by atomic mass is 10.1. The van der Waals surface area contributed by atoms with Gasteiger partial charge in [-0.25, -0.2) is 4.98 Å². The highest BCUT2D eigenvalue weighted by Gasteiger charge is 2.34. The molecular formula is C15H18F3N5O. The highest BCUT2D eigenvalue weighted by atomic mass is 19.4. The summed E-state index contributed by atoms with van der Waals surface area (Å²) in [6.45, 7) is 2.39. The zero-order valence-electron chi connectivity index (χ0n) is 13.2. The molecule has 0 amide bonds. The smallest absolute Gasteiger partial charge is 0.370 e. The molecule has 1 atom stereocenters. The van der Waals surface area contributed by atoms with Gasteiger partial charge in [0, 0.05) is 24.8 Å². The maximum absolute atomic E-state index is 12.4. The van der Waals surface area contributed by atoms with Crippen LogP contribution in [0.15, 0.2) is 22.9 Å². The number of nitrogens with zero attached hydrogens (tertiary/aromatic N) is 4. The summed E-state index contributed by atoms with van der Waals surface area (Å²) in [5.41, 5.74) is 0.748. The van der Waals surface area contributed by atoms with Crippen molar-refractivity contribution in [3.8, 4) is 11.5 Å². The van der Waals surface area contributed by atoms with Crippen molar-refractivity contribution in [3.05, 3.63) is 24.2 Å². The van der Waals surface area contributed by atoms with Crippen LogP contribution >= 0.6 is 0 Å². The molecule has 0 spiro atoms. The van der Waals surface area contributed by atoms with Gasteiger partial charge in [0.05, 0.1) is 6.54 Å². The molecule has 0 radical (unpaired) electrons. The molecule has 1 N–H and O–H groups in total. The van der Waals surface area contributed by atoms with E-state index in [0.29, 0.717) is 37.2 Å². The molecule has 2 aromatic heterocycles. The van der Waals surface area contributed by atoms with E-state index in [1.165, 1.54) is 4.90 Å². The number of hydrogen-bond donors (Lipinski definition) is 1. The van der Waals surface area contributed by atoms with E-state index in [1.54, 1.807) is 25.3 Å². The zero-order valence-corrected chi connectivity index (χ0v) is 13.2. The van der Waals surface area contributed by atoms with Crippen molar-refractivity contribution >= 4 is 5.82 Å². The third kappa shape index (κ3) is 4.44. The second-order valence-corrected chi connectivity index (χ2v) is 5.96. The highest BCUT2D eigenvalue weighted by molar-refractivity contribution is 5.57. The number of anilines is 1. The number of alkyl halides is 3. The molecule has 1 aliphatic heterocycles. The van der Waals surface area contributed by atoms with Crippen LogP contribution in [0.5, 0.6) is 0 Å². The van der Waals surface area contributed by atoms with Gasteiger partial charge in [0.25, 0.3) is 5.89 Å². The van der Waals surface area contributed by atoms with Crippen LogP contribution in [0.2, 0.25) is 0 Å². The summed E-state index contributed by atoms with van der Waals surface area (Å²) in [4.78, 5) is 9.82. The molecule has 24 heavy (non-hydrogen) atoms. The second-order valence-electron chi connectivity index (χ2n) is 5.96. The monoisotopic (exact) mass is 341 g/mol. The Labute approximate surface area is 137 Å². The van der Waals surface area contributed by atoms with Crippen LogP contribution < -0.4 is 5.32 Å². The van der Waals surface area contributed by atoms with E-state index in [2.05, 4.69) is 20.4 Å². The van der Waals surface area contributed by atoms with Gasteiger partial charge < -0.3 is 9.84 Å². The lowest BCUT2D eigenvalue weighted by Crippen LogP contribution is -2.33. The molecule has 1 saturated heterocycles. The van der Waals surface area contributed by atoms with Crippen molar-refractivity contribution < 1.29 is 17.7 Å². The van der Waals surface area contributed by atoms with Crippen LogP contribution in [0.25, 0.3) is 11.5 Å². The van der Waals surface area contributed by atoms with Crippen molar-refractivity contribution in [1.82, 2.24) is 20.0 Å². The molecule has 3 heterocycles. The number of aryl methyl sites for hydroxylation is 1. The second kappa shape index (κ2) is 6.76. The number of rotatable bonds is 5. The Hall–Kier alpha value is -2.16. The highest BCUT2D eigenvalue weighted by Crippen LogP contribution is 2.24. The van der Waals surface area contributed by atoms with Crippen molar-refractivity contribution in [2.24, 2.45) is 5.92 Å². The van der Waals surface area contributed by atoms with Gasteiger partial charge in [0.15, 0.2) is 5.82 Å². The third-order valence-electron chi connectivity index (χ3n) is 3.88. The predicted octanol–water partition coefficient (Wildman–Crippen LogP) is 2.74. The molecule has 0 aromatic carbocycles. The van der Waals surface area contributed by atoms with Crippen LogP contribution in [0, 0.1) is 12.8 Å². The maximum atomic E-state index is 12.4. The number of pyridine rings is 1. The molecule has 1 fully saturated rings. The number of halogens is 3. The lowest BCUT2D eigenvalue weighted by molar-refractivity contribution is -0.143. The number of likely N-dealkylation sites (tertiary alicyclic amines) is 1. The Morgan fingerprint density at radius 3 is 2.96 bits per heavy atom. The summed E-state index contributed by atoms with van der Waals surface area (Å²) in [6, 6.07) is 3.55. The Balaban J connectivity index is 1.54. The van der Waals surface area contributed by atoms with Gasteiger partial charge in [0.1, 0.15) is 5.82 Å². The average molecular weight is 341 g/mol. The maximum Gasteiger partial charge on any atom is 0.401 e. The van der Waals surface area contributed by atoms with Crippen LogP contribution in [-0.2, 0) is 0 Å². The fourth-order valence-corrected chi connectivity index (χ4v) is 2.80. The Bertz CT molecular complexity index is 688.